The Labute approximate surface area is 457 Å². The van der Waals surface area contributed by atoms with Crippen molar-refractivity contribution in [1.29, 1.82) is 0 Å². The molecule has 1 rings (SSSR count). The maximum Gasteiger partial charge on any atom is 0.348 e. The molecule has 0 aromatic rings. The zero-order valence-corrected chi connectivity index (χ0v) is 51.1. The van der Waals surface area contributed by atoms with Gasteiger partial charge in [0.05, 0.1) is 19.5 Å². The van der Waals surface area contributed by atoms with Crippen molar-refractivity contribution in [3.05, 3.63) is 12.4 Å². The normalized spacial score (nSPS) is 14.8. The lowest BCUT2D eigenvalue weighted by Gasteiger charge is -2.29. The minimum Gasteiger partial charge on any atom is -0.209 e. The van der Waals surface area contributed by atoms with Crippen LogP contribution in [0.3, 0.4) is 0 Å². The number of hydrogen-bond donors (Lipinski definition) is 0. The lowest BCUT2D eigenvalue weighted by atomic mass is 10.0. The maximum absolute atomic E-state index is 2.83. The highest BCUT2D eigenvalue weighted by Crippen LogP contribution is 2.27. The second kappa shape index (κ2) is 58.1. The lowest BCUT2D eigenvalue weighted by Crippen LogP contribution is -2.50. The average Bonchev–Trinajstić information content (AvgIpc) is 3.73. The van der Waals surface area contributed by atoms with Crippen LogP contribution in [-0.4, -0.2) is 34.5 Å². The molecule has 0 aliphatic carbocycles. The van der Waals surface area contributed by atoms with Crippen molar-refractivity contribution >= 4 is 5.84 Å². The molecule has 72 heavy (non-hydrogen) atoms. The van der Waals surface area contributed by atoms with Crippen molar-refractivity contribution in [2.45, 2.75) is 413 Å². The molecule has 2 nitrogen and oxygen atoms in total. The molecule has 2 heteroatoms. The van der Waals surface area contributed by atoms with E-state index in [-0.39, 0.29) is 0 Å². The highest BCUT2D eigenvalue weighted by molar-refractivity contribution is 5.72. The Balaban J connectivity index is 2.70. The summed E-state index contributed by atoms with van der Waals surface area (Å²) in [5.41, 5.74) is 0. The number of unbranched alkanes of at least 4 members (excludes halogenated alkanes) is 55. The second-order valence-corrected chi connectivity index (χ2v) is 24.6. The van der Waals surface area contributed by atoms with Gasteiger partial charge in [-0.1, -0.05) is 362 Å². The van der Waals surface area contributed by atoms with Crippen LogP contribution in [0.2, 0.25) is 0 Å². The van der Waals surface area contributed by atoms with Gasteiger partial charge in [-0.05, 0) is 38.5 Å². The number of nitrogens with zero attached hydrogens (tertiary/aromatic N) is 2. The number of rotatable bonds is 63. The third kappa shape index (κ3) is 45.6. The Kier molecular flexibility index (Phi) is 56.0. The summed E-state index contributed by atoms with van der Waals surface area (Å²) in [7, 11) is 0. The molecule has 0 bridgehead atoms. The summed E-state index contributed by atoms with van der Waals surface area (Å²) in [5, 5.41) is 0. The maximum atomic E-state index is 2.83. The van der Waals surface area contributed by atoms with Crippen LogP contribution in [0.5, 0.6) is 0 Å². The quantitative estimate of drug-likeness (QED) is 0.0324. The molecule has 0 aromatic carbocycles. The van der Waals surface area contributed by atoms with Crippen molar-refractivity contribution < 1.29 is 9.06 Å². The molecule has 1 aliphatic rings. The first kappa shape index (κ1) is 69.4. The number of amidine groups is 1. The van der Waals surface area contributed by atoms with Crippen molar-refractivity contribution in [3.63, 3.8) is 0 Å². The molecule has 0 radical (unpaired) electrons. The Morgan fingerprint density at radius 1 is 0.236 bits per heavy atom. The van der Waals surface area contributed by atoms with Gasteiger partial charge in [0.1, 0.15) is 0 Å². The van der Waals surface area contributed by atoms with Crippen LogP contribution in [-0.2, 0) is 0 Å². The monoisotopic (exact) mass is 1010 g/mol. The van der Waals surface area contributed by atoms with Crippen LogP contribution in [0.25, 0.3) is 0 Å². The molecule has 0 saturated carbocycles. The van der Waals surface area contributed by atoms with Crippen LogP contribution < -0.4 is 0 Å². The molecular weight excluding hydrogens is 869 g/mol. The predicted octanol–water partition coefficient (Wildman–Crippen LogP) is 25.2. The molecule has 0 fully saturated rings. The topological polar surface area (TPSA) is 3.01 Å². The molecule has 0 aromatic heterocycles. The van der Waals surface area contributed by atoms with E-state index in [1.165, 1.54) is 409 Å². The average molecular weight is 1010 g/mol. The van der Waals surface area contributed by atoms with E-state index in [2.05, 4.69) is 44.7 Å². The van der Waals surface area contributed by atoms with E-state index < -0.39 is 0 Å². The summed E-state index contributed by atoms with van der Waals surface area (Å²) in [5.74, 6) is 1.81. The Morgan fingerprint density at radius 2 is 0.431 bits per heavy atom. The van der Waals surface area contributed by atoms with E-state index in [0.29, 0.717) is 0 Å². The summed E-state index contributed by atoms with van der Waals surface area (Å²) >= 11 is 0. The second-order valence-electron chi connectivity index (χ2n) is 24.6. The molecule has 0 saturated heterocycles. The summed E-state index contributed by atoms with van der Waals surface area (Å²) < 4.78 is 4.05. The molecule has 428 valence electrons. The Morgan fingerprint density at radius 3 is 0.667 bits per heavy atom. The van der Waals surface area contributed by atoms with E-state index >= 15 is 0 Å². The molecule has 0 amide bonds. The van der Waals surface area contributed by atoms with Gasteiger partial charge in [-0.3, -0.25) is 0 Å². The van der Waals surface area contributed by atoms with Gasteiger partial charge >= 0.3 is 5.84 Å². The van der Waals surface area contributed by atoms with Gasteiger partial charge in [0, 0.05) is 6.42 Å². The molecule has 1 heterocycles. The van der Waals surface area contributed by atoms with Crippen LogP contribution in [0.15, 0.2) is 12.4 Å². The fourth-order valence-electron chi connectivity index (χ4n) is 12.4. The fourth-order valence-corrected chi connectivity index (χ4v) is 12.4. The Bertz CT molecular complexity index is 1090. The smallest absolute Gasteiger partial charge is 0.209 e. The molecule has 1 unspecified atom stereocenters. The molecule has 1 aliphatic heterocycles. The Hall–Kier alpha value is -0.630. The van der Waals surface area contributed by atoms with Crippen LogP contribution in [0, 0.1) is 0 Å². The van der Waals surface area contributed by atoms with E-state index in [9.17, 15) is 0 Å². The van der Waals surface area contributed by atoms with Gasteiger partial charge in [0.25, 0.3) is 0 Å². The van der Waals surface area contributed by atoms with E-state index in [4.69, 9.17) is 0 Å². The summed E-state index contributed by atoms with van der Waals surface area (Å²) in [4.78, 5) is 0. The first-order valence-corrected chi connectivity index (χ1v) is 34.9. The minimum absolute atomic E-state index is 1.22. The third-order valence-electron chi connectivity index (χ3n) is 17.5. The molecule has 1 atom stereocenters. The van der Waals surface area contributed by atoms with Crippen molar-refractivity contribution in [2.75, 3.05) is 19.6 Å². The number of quaternary nitrogens is 1. The summed E-state index contributed by atoms with van der Waals surface area (Å²) in [6, 6.07) is 0. The van der Waals surface area contributed by atoms with Crippen LogP contribution in [0.4, 0.5) is 0 Å². The van der Waals surface area contributed by atoms with Gasteiger partial charge in [0.15, 0.2) is 12.7 Å². The van der Waals surface area contributed by atoms with E-state index in [0.717, 1.165) is 0 Å². The minimum atomic E-state index is 1.22. The predicted molar refractivity (Wildman–Crippen MR) is 329 cm³/mol. The fraction of sp³-hybridized carbons (Fsp3) is 0.957. The SMILES string of the molecule is CCCCCCCCCCCCCCCCCCC[N+]1(CCCCCCCCCCCCCCCCCC)C=C[N+](CCCCCCCCCCCCCCC)=C1CCCCCCCCCCCCCCC. The summed E-state index contributed by atoms with van der Waals surface area (Å²) in [6.45, 7) is 13.3. The van der Waals surface area contributed by atoms with Gasteiger partial charge in [-0.2, -0.15) is 4.58 Å². The van der Waals surface area contributed by atoms with Gasteiger partial charge < -0.3 is 0 Å². The largest absolute Gasteiger partial charge is 0.348 e. The van der Waals surface area contributed by atoms with Gasteiger partial charge in [-0.25, -0.2) is 4.48 Å². The first-order chi connectivity index (χ1) is 35.7. The highest BCUT2D eigenvalue weighted by atomic mass is 15.4. The third-order valence-corrected chi connectivity index (χ3v) is 17.5. The van der Waals surface area contributed by atoms with Crippen LogP contribution >= 0.6 is 0 Å². The van der Waals surface area contributed by atoms with Crippen molar-refractivity contribution in [2.24, 2.45) is 0 Å². The highest BCUT2D eigenvalue weighted by Gasteiger charge is 2.42. The van der Waals surface area contributed by atoms with Gasteiger partial charge in [-0.15, -0.1) is 0 Å². The number of hydrogen-bond acceptors (Lipinski definition) is 0. The summed E-state index contributed by atoms with van der Waals surface area (Å²) in [6.07, 6.45) is 92.5. The van der Waals surface area contributed by atoms with E-state index in [1.807, 2.05) is 5.84 Å². The van der Waals surface area contributed by atoms with Gasteiger partial charge in [0.2, 0.25) is 6.20 Å². The first-order valence-electron chi connectivity index (χ1n) is 34.9. The van der Waals surface area contributed by atoms with Crippen LogP contribution in [0.1, 0.15) is 413 Å². The zero-order valence-electron chi connectivity index (χ0n) is 51.1. The standard InChI is InChI=1S/C70H140N2/c1-5-9-13-17-21-25-29-33-35-37-39-43-47-51-55-59-63-68-72(67-62-58-54-50-46-42-38-36-34-30-26-22-18-14-10-6-2)69-66-71(65-61-57-53-49-45-41-32-28-24-20-16-12-8-4)70(72)64-60-56-52-48-44-40-31-27-23-19-15-11-7-3/h66,69H,5-65,67-68H2,1-4H3/q+2. The lowest BCUT2D eigenvalue weighted by molar-refractivity contribution is -0.801. The zero-order chi connectivity index (χ0) is 51.6. The van der Waals surface area contributed by atoms with Crippen molar-refractivity contribution in [1.82, 2.24) is 0 Å². The molecule has 0 N–H and O–H groups in total. The van der Waals surface area contributed by atoms with Crippen molar-refractivity contribution in [3.8, 4) is 0 Å². The molecular formula is C70H140N2+2. The van der Waals surface area contributed by atoms with E-state index in [1.54, 1.807) is 0 Å². The molecule has 0 spiro atoms.